The molecule has 190 valence electrons. The van der Waals surface area contributed by atoms with Crippen LogP contribution in [0, 0.1) is 0 Å². The molecule has 1 rings (SSSR count). The zero-order valence-electron chi connectivity index (χ0n) is 16.4. The van der Waals surface area contributed by atoms with Crippen LogP contribution in [0.5, 0.6) is 0 Å². The van der Waals surface area contributed by atoms with Gasteiger partial charge in [-0.25, -0.2) is 27.3 Å². The Morgan fingerprint density at radius 1 is 1.21 bits per heavy atom. The van der Waals surface area contributed by atoms with Gasteiger partial charge in [-0.15, -0.1) is 0 Å². The average molecular weight is 546 g/mol. The Kier molecular flexibility index (Phi) is 9.79. The fourth-order valence-corrected chi connectivity index (χ4v) is 5.09. The Labute approximate surface area is 182 Å². The average Bonchev–Trinajstić information content (AvgIpc) is 2.61. The van der Waals surface area contributed by atoms with Crippen LogP contribution in [0.4, 0.5) is 8.78 Å². The first-order valence-corrected chi connectivity index (χ1v) is 12.7. The Morgan fingerprint density at radius 2 is 1.79 bits per heavy atom. The first-order chi connectivity index (χ1) is 14.8. The number of hydrogen-bond donors (Lipinski definition) is 6. The van der Waals surface area contributed by atoms with Gasteiger partial charge in [0.15, 0.2) is 6.23 Å². The minimum atomic E-state index is -5.94. The van der Waals surface area contributed by atoms with Gasteiger partial charge < -0.3 is 29.4 Å². The van der Waals surface area contributed by atoms with Crippen molar-refractivity contribution < 1.29 is 65.0 Å². The van der Waals surface area contributed by atoms with Gasteiger partial charge in [-0.05, 0) is 12.5 Å². The normalized spacial score (nSPS) is 19.6. The zero-order valence-corrected chi connectivity index (χ0v) is 19.1. The van der Waals surface area contributed by atoms with E-state index in [-0.39, 0.29) is 0 Å². The first kappa shape index (κ1) is 29.6. The second-order valence-corrected chi connectivity index (χ2v) is 10.6. The molecule has 6 N–H and O–H groups in total. The highest BCUT2D eigenvalue weighted by molar-refractivity contribution is 7.66. The summed E-state index contributed by atoms with van der Waals surface area (Å²) >= 11 is 0. The van der Waals surface area contributed by atoms with Gasteiger partial charge in [-0.3, -0.25) is 18.9 Å². The van der Waals surface area contributed by atoms with Gasteiger partial charge in [-0.2, -0.15) is 8.62 Å². The first-order valence-electron chi connectivity index (χ1n) is 8.17. The van der Waals surface area contributed by atoms with Crippen LogP contribution in [-0.2, 0) is 31.6 Å². The van der Waals surface area contributed by atoms with Gasteiger partial charge in [0.25, 0.3) is 11.4 Å². The van der Waals surface area contributed by atoms with E-state index in [0.29, 0.717) is 10.8 Å². The SMILES string of the molecule is C=C(C)C(O)[C@@](F)(COP(=O)(O)OP(=O)(O)OP(=O)(O)O)O[C@H](CF)n1ccc(=O)[nH]c1=O. The number of rotatable bonds is 13. The van der Waals surface area contributed by atoms with Crippen molar-refractivity contribution >= 4 is 23.5 Å². The summed E-state index contributed by atoms with van der Waals surface area (Å²) in [7, 11) is -17.5. The molecule has 0 saturated heterocycles. The molecule has 0 aromatic carbocycles. The molecule has 0 amide bonds. The largest absolute Gasteiger partial charge is 0.490 e. The fraction of sp³-hybridized carbons (Fsp3) is 0.500. The van der Waals surface area contributed by atoms with E-state index >= 15 is 4.39 Å². The molecule has 33 heavy (non-hydrogen) atoms. The molecule has 0 saturated carbocycles. The maximum Gasteiger partial charge on any atom is 0.490 e. The third-order valence-corrected chi connectivity index (χ3v) is 7.12. The summed E-state index contributed by atoms with van der Waals surface area (Å²) in [5, 5.41) is 10.0. The number of phosphoric ester groups is 1. The lowest BCUT2D eigenvalue weighted by molar-refractivity contribution is -0.257. The predicted molar refractivity (Wildman–Crippen MR) is 102 cm³/mol. The van der Waals surface area contributed by atoms with Crippen LogP contribution >= 0.6 is 23.5 Å². The van der Waals surface area contributed by atoms with Crippen LogP contribution in [0.2, 0.25) is 0 Å². The third-order valence-electron chi connectivity index (χ3n) is 3.34. The highest BCUT2D eigenvalue weighted by Crippen LogP contribution is 2.66. The van der Waals surface area contributed by atoms with Crippen molar-refractivity contribution in [3.63, 3.8) is 0 Å². The van der Waals surface area contributed by atoms with Gasteiger partial charge in [-0.1, -0.05) is 6.58 Å². The van der Waals surface area contributed by atoms with E-state index in [2.05, 4.69) is 19.7 Å². The molecular formula is C12H19F2N2O14P3. The molecule has 1 aromatic rings. The lowest BCUT2D eigenvalue weighted by Gasteiger charge is -2.33. The highest BCUT2D eigenvalue weighted by atomic mass is 31.3. The number of aliphatic hydroxyl groups is 1. The van der Waals surface area contributed by atoms with Gasteiger partial charge in [0.05, 0.1) is 0 Å². The quantitative estimate of drug-likeness (QED) is 0.141. The van der Waals surface area contributed by atoms with Gasteiger partial charge in [0.1, 0.15) is 19.4 Å². The van der Waals surface area contributed by atoms with Crippen molar-refractivity contribution in [3.05, 3.63) is 45.3 Å². The van der Waals surface area contributed by atoms with Crippen LogP contribution in [0.25, 0.3) is 0 Å². The number of hydrogen-bond acceptors (Lipinski definition) is 10. The maximum atomic E-state index is 15.4. The molecule has 0 spiro atoms. The Hall–Kier alpha value is -1.39. The van der Waals surface area contributed by atoms with Crippen LogP contribution in [-0.4, -0.2) is 59.5 Å². The summed E-state index contributed by atoms with van der Waals surface area (Å²) in [6.07, 6.45) is -3.89. The molecule has 0 radical (unpaired) electrons. The summed E-state index contributed by atoms with van der Waals surface area (Å²) in [5.74, 6) is -3.68. The third kappa shape index (κ3) is 9.41. The Morgan fingerprint density at radius 3 is 2.24 bits per heavy atom. The molecule has 0 aliphatic carbocycles. The molecule has 1 aromatic heterocycles. The fourth-order valence-electron chi connectivity index (χ4n) is 2.06. The van der Waals surface area contributed by atoms with Crippen molar-refractivity contribution in [3.8, 4) is 0 Å². The van der Waals surface area contributed by atoms with Crippen molar-refractivity contribution in [2.24, 2.45) is 0 Å². The standard InChI is InChI=1S/C12H19F2N2O14P3/c1-7(2)10(18)12(14,28-9(5-13)16-4-3-8(17)15-11(16)19)6-27-32(23,24)30-33(25,26)29-31(20,21)22/h3-4,9-10,18H,1,5-6H2,2H3,(H,23,24)(H,25,26)(H,15,17,19)(H2,20,21,22)/t9-,10?,12-/m1/s1. The molecule has 0 aliphatic rings. The second kappa shape index (κ2) is 10.9. The van der Waals surface area contributed by atoms with E-state index in [1.165, 1.54) is 0 Å². The molecule has 0 aliphatic heterocycles. The molecular weight excluding hydrogens is 527 g/mol. The summed E-state index contributed by atoms with van der Waals surface area (Å²) in [5.41, 5.74) is -2.56. The lowest BCUT2D eigenvalue weighted by Crippen LogP contribution is -2.48. The number of phosphoric acid groups is 3. The number of aromatic nitrogens is 2. The zero-order chi connectivity index (χ0) is 25.8. The smallest absolute Gasteiger partial charge is 0.383 e. The van der Waals surface area contributed by atoms with Crippen LogP contribution in [0.1, 0.15) is 13.2 Å². The molecule has 0 fully saturated rings. The van der Waals surface area contributed by atoms with Gasteiger partial charge >= 0.3 is 29.2 Å². The number of nitrogens with zero attached hydrogens (tertiary/aromatic N) is 1. The highest BCUT2D eigenvalue weighted by Gasteiger charge is 2.47. The van der Waals surface area contributed by atoms with Crippen LogP contribution in [0.15, 0.2) is 34.0 Å². The minimum Gasteiger partial charge on any atom is -0.383 e. The molecule has 5 atom stereocenters. The molecule has 0 bridgehead atoms. The lowest BCUT2D eigenvalue weighted by atomic mass is 10.1. The summed E-state index contributed by atoms with van der Waals surface area (Å²) in [6, 6.07) is 0.745. The molecule has 16 nitrogen and oxygen atoms in total. The predicted octanol–water partition coefficient (Wildman–Crippen LogP) is -0.0326. The summed E-state index contributed by atoms with van der Waals surface area (Å²) < 4.78 is 78.7. The molecule has 1 heterocycles. The minimum absolute atomic E-state index is 0.353. The Bertz CT molecular complexity index is 1120. The topological polar surface area (TPSA) is 244 Å². The van der Waals surface area contributed by atoms with Crippen LogP contribution in [0.3, 0.4) is 0 Å². The second-order valence-electron chi connectivity index (χ2n) is 6.14. The van der Waals surface area contributed by atoms with Crippen molar-refractivity contribution in [2.75, 3.05) is 13.3 Å². The maximum absolute atomic E-state index is 15.4. The van der Waals surface area contributed by atoms with E-state index in [1.807, 2.05) is 0 Å². The van der Waals surface area contributed by atoms with Gasteiger partial charge in [0.2, 0.25) is 0 Å². The molecule has 3 unspecified atom stereocenters. The number of alkyl halides is 2. The monoisotopic (exact) mass is 546 g/mol. The van der Waals surface area contributed by atoms with E-state index in [1.54, 1.807) is 4.98 Å². The molecule has 21 heteroatoms. The number of aliphatic hydroxyl groups excluding tert-OH is 1. The van der Waals surface area contributed by atoms with E-state index in [4.69, 9.17) is 19.4 Å². The van der Waals surface area contributed by atoms with E-state index < -0.39 is 71.8 Å². The van der Waals surface area contributed by atoms with Crippen molar-refractivity contribution in [1.29, 1.82) is 0 Å². The number of nitrogens with one attached hydrogen (secondary N) is 1. The van der Waals surface area contributed by atoms with Crippen molar-refractivity contribution in [2.45, 2.75) is 25.1 Å². The number of H-pyrrole nitrogens is 1. The number of ether oxygens (including phenoxy) is 1. The number of halogens is 2. The van der Waals surface area contributed by atoms with Crippen molar-refractivity contribution in [1.82, 2.24) is 9.55 Å². The Balaban J connectivity index is 3.18. The van der Waals surface area contributed by atoms with Gasteiger partial charge in [0, 0.05) is 12.3 Å². The van der Waals surface area contributed by atoms with E-state index in [0.717, 1.165) is 13.0 Å². The van der Waals surface area contributed by atoms with Crippen LogP contribution < -0.4 is 11.2 Å². The number of aromatic amines is 1. The summed E-state index contributed by atoms with van der Waals surface area (Å²) in [6.45, 7) is 0.766. The van der Waals surface area contributed by atoms with E-state index in [9.17, 15) is 37.7 Å². The summed E-state index contributed by atoms with van der Waals surface area (Å²) in [4.78, 5) is 60.2.